The molecule has 4 N–H and O–H groups in total. The zero-order valence-corrected chi connectivity index (χ0v) is 5.54. The van der Waals surface area contributed by atoms with Gasteiger partial charge in [-0.3, -0.25) is 0 Å². The number of aliphatic imine (C=N–C) groups is 1. The van der Waals surface area contributed by atoms with Crippen LogP contribution in [-0.4, -0.2) is 12.2 Å². The van der Waals surface area contributed by atoms with E-state index in [1.807, 2.05) is 0 Å². The van der Waals surface area contributed by atoms with Gasteiger partial charge in [0, 0.05) is 6.21 Å². The molecule has 0 heterocycles. The molecule has 0 aliphatic rings. The summed E-state index contributed by atoms with van der Waals surface area (Å²) < 4.78 is 0. The highest BCUT2D eigenvalue weighted by Crippen LogP contribution is 1.79. The van der Waals surface area contributed by atoms with Gasteiger partial charge in [0.05, 0.1) is 0 Å². The van der Waals surface area contributed by atoms with Gasteiger partial charge in [0.15, 0.2) is 0 Å². The molecule has 0 aromatic rings. The number of rotatable bonds is 2. The van der Waals surface area contributed by atoms with Crippen LogP contribution in [0, 0.1) is 0 Å². The van der Waals surface area contributed by atoms with Gasteiger partial charge in [-0.05, 0) is 6.42 Å². The Morgan fingerprint density at radius 3 is 2.78 bits per heavy atom. The molecule has 0 unspecified atom stereocenters. The maximum atomic E-state index is 5.14. The molecule has 0 saturated carbocycles. The molecular formula is C5H12N4. The second-order valence-corrected chi connectivity index (χ2v) is 1.59. The van der Waals surface area contributed by atoms with Crippen molar-refractivity contribution < 1.29 is 0 Å². The van der Waals surface area contributed by atoms with Crippen LogP contribution in [0.25, 0.3) is 0 Å². The van der Waals surface area contributed by atoms with Gasteiger partial charge in [0.25, 0.3) is 0 Å². The summed E-state index contributed by atoms with van der Waals surface area (Å²) in [6, 6.07) is 0. The van der Waals surface area contributed by atoms with Crippen LogP contribution < -0.4 is 11.6 Å². The number of hydrogen-bond acceptors (Lipinski definition) is 2. The maximum Gasteiger partial charge on any atom is 0.236 e. The van der Waals surface area contributed by atoms with Crippen LogP contribution in [0.15, 0.2) is 10.1 Å². The molecule has 0 radical (unpaired) electrons. The fourth-order valence-electron chi connectivity index (χ4n) is 0.321. The van der Waals surface area contributed by atoms with Crippen molar-refractivity contribution in [2.45, 2.75) is 19.8 Å². The molecule has 0 rings (SSSR count). The zero-order chi connectivity index (χ0) is 7.11. The first kappa shape index (κ1) is 7.94. The monoisotopic (exact) mass is 128 g/mol. The molecule has 0 amide bonds. The Balaban J connectivity index is 3.45. The van der Waals surface area contributed by atoms with E-state index >= 15 is 0 Å². The topological polar surface area (TPSA) is 76.8 Å². The molecular weight excluding hydrogens is 116 g/mol. The van der Waals surface area contributed by atoms with Gasteiger partial charge in [0.1, 0.15) is 0 Å². The average Bonchev–Trinajstić information content (AvgIpc) is 1.89. The summed E-state index contributed by atoms with van der Waals surface area (Å²) in [7, 11) is 0. The van der Waals surface area contributed by atoms with Gasteiger partial charge in [-0.15, -0.1) is 5.10 Å². The van der Waals surface area contributed by atoms with E-state index in [0.717, 1.165) is 12.8 Å². The summed E-state index contributed by atoms with van der Waals surface area (Å²) >= 11 is 0. The second kappa shape index (κ2) is 5.08. The summed E-state index contributed by atoms with van der Waals surface area (Å²) in [5, 5.41) is 3.16. The van der Waals surface area contributed by atoms with Gasteiger partial charge >= 0.3 is 0 Å². The number of guanidine groups is 1. The van der Waals surface area contributed by atoms with Crippen LogP contribution in [0.5, 0.6) is 0 Å². The Hall–Kier alpha value is -1.06. The van der Waals surface area contributed by atoms with E-state index in [1.54, 1.807) is 6.21 Å². The van der Waals surface area contributed by atoms with E-state index in [2.05, 4.69) is 17.0 Å². The van der Waals surface area contributed by atoms with Crippen LogP contribution in [-0.2, 0) is 0 Å². The number of unbranched alkanes of at least 4 members (excludes halogenated alkanes) is 1. The lowest BCUT2D eigenvalue weighted by molar-refractivity contribution is 1.01. The van der Waals surface area contributed by atoms with E-state index < -0.39 is 0 Å². The largest absolute Gasteiger partial charge is 0.367 e. The van der Waals surface area contributed by atoms with E-state index in [1.165, 1.54) is 0 Å². The van der Waals surface area contributed by atoms with Crippen molar-refractivity contribution >= 4 is 12.2 Å². The Labute approximate surface area is 54.6 Å². The maximum absolute atomic E-state index is 5.14. The van der Waals surface area contributed by atoms with Crippen molar-refractivity contribution in [2.24, 2.45) is 21.7 Å². The predicted octanol–water partition coefficient (Wildman–Crippen LogP) is 0.0457. The summed E-state index contributed by atoms with van der Waals surface area (Å²) in [4.78, 5) is 3.71. The van der Waals surface area contributed by atoms with Gasteiger partial charge in [-0.2, -0.15) is 0 Å². The standard InChI is InChI=1S/C5H12N4/c1-2-3-4-8-5(6)9-7/h4H,2-3,7H2,1H3,(H2,6,9)/b8-4+. The SMILES string of the molecule is CCC/C=N/C(N)=N/N. The second-order valence-electron chi connectivity index (χ2n) is 1.59. The molecule has 0 aromatic heterocycles. The van der Waals surface area contributed by atoms with Crippen molar-refractivity contribution in [2.75, 3.05) is 0 Å². The van der Waals surface area contributed by atoms with Crippen molar-refractivity contribution in [3.05, 3.63) is 0 Å². The number of nitrogens with two attached hydrogens (primary N) is 2. The molecule has 52 valence electrons. The molecule has 0 saturated heterocycles. The fourth-order valence-corrected chi connectivity index (χ4v) is 0.321. The number of nitrogens with zero attached hydrogens (tertiary/aromatic N) is 2. The third-order valence-corrected chi connectivity index (χ3v) is 0.774. The van der Waals surface area contributed by atoms with Crippen LogP contribution in [0.2, 0.25) is 0 Å². The minimum absolute atomic E-state index is 0.128. The number of hydrogen-bond donors (Lipinski definition) is 2. The lowest BCUT2D eigenvalue weighted by Crippen LogP contribution is -2.10. The van der Waals surface area contributed by atoms with Crippen LogP contribution >= 0.6 is 0 Å². The van der Waals surface area contributed by atoms with Crippen LogP contribution in [0.4, 0.5) is 0 Å². The Morgan fingerprint density at radius 1 is 1.67 bits per heavy atom. The zero-order valence-electron chi connectivity index (χ0n) is 5.54. The third-order valence-electron chi connectivity index (χ3n) is 0.774. The highest BCUT2D eigenvalue weighted by atomic mass is 15.2. The Bertz CT molecular complexity index is 116. The van der Waals surface area contributed by atoms with E-state index in [-0.39, 0.29) is 5.96 Å². The van der Waals surface area contributed by atoms with Gasteiger partial charge in [-0.1, -0.05) is 13.3 Å². The van der Waals surface area contributed by atoms with Crippen molar-refractivity contribution in [1.82, 2.24) is 0 Å². The predicted molar refractivity (Wildman–Crippen MR) is 39.2 cm³/mol. The first-order valence-electron chi connectivity index (χ1n) is 2.87. The highest BCUT2D eigenvalue weighted by molar-refractivity contribution is 5.85. The van der Waals surface area contributed by atoms with E-state index in [0.29, 0.717) is 0 Å². The van der Waals surface area contributed by atoms with Crippen molar-refractivity contribution in [3.8, 4) is 0 Å². The average molecular weight is 128 g/mol. The summed E-state index contributed by atoms with van der Waals surface area (Å²) in [6.45, 7) is 2.06. The molecule has 0 aliphatic heterocycles. The normalized spacial score (nSPS) is 12.8. The quantitative estimate of drug-likeness (QED) is 0.238. The van der Waals surface area contributed by atoms with E-state index in [9.17, 15) is 0 Å². The highest BCUT2D eigenvalue weighted by Gasteiger charge is 1.78. The lowest BCUT2D eigenvalue weighted by Gasteiger charge is -1.85. The summed E-state index contributed by atoms with van der Waals surface area (Å²) in [6.07, 6.45) is 3.67. The molecule has 9 heavy (non-hydrogen) atoms. The molecule has 4 heteroatoms. The van der Waals surface area contributed by atoms with E-state index in [4.69, 9.17) is 11.6 Å². The van der Waals surface area contributed by atoms with Crippen LogP contribution in [0.3, 0.4) is 0 Å². The molecule has 0 atom stereocenters. The fraction of sp³-hybridized carbons (Fsp3) is 0.600. The Morgan fingerprint density at radius 2 is 2.33 bits per heavy atom. The summed E-state index contributed by atoms with van der Waals surface area (Å²) in [5.41, 5.74) is 5.14. The molecule has 0 aliphatic carbocycles. The van der Waals surface area contributed by atoms with Gasteiger partial charge in [-0.25, -0.2) is 4.99 Å². The van der Waals surface area contributed by atoms with Crippen molar-refractivity contribution in [3.63, 3.8) is 0 Å². The third kappa shape index (κ3) is 4.80. The summed E-state index contributed by atoms with van der Waals surface area (Å²) in [5.74, 6) is 4.93. The Kier molecular flexibility index (Phi) is 4.49. The molecule has 0 spiro atoms. The molecule has 4 nitrogen and oxygen atoms in total. The van der Waals surface area contributed by atoms with Crippen molar-refractivity contribution in [1.29, 1.82) is 0 Å². The first-order chi connectivity index (χ1) is 4.31. The van der Waals surface area contributed by atoms with Gasteiger partial charge in [0.2, 0.25) is 5.96 Å². The minimum atomic E-state index is 0.128. The first-order valence-corrected chi connectivity index (χ1v) is 2.87. The molecule has 0 bridgehead atoms. The van der Waals surface area contributed by atoms with Gasteiger partial charge < -0.3 is 11.6 Å². The minimum Gasteiger partial charge on any atom is -0.367 e. The lowest BCUT2D eigenvalue weighted by atomic mass is 10.4. The van der Waals surface area contributed by atoms with Crippen LogP contribution in [0.1, 0.15) is 19.8 Å². The number of hydrazone groups is 1. The molecule has 0 fully saturated rings. The molecule has 0 aromatic carbocycles. The smallest absolute Gasteiger partial charge is 0.236 e.